The second kappa shape index (κ2) is 9.59. The SMILES string of the molecule is CCOC(=O)Oc1ccc(C(=O)N2CCC(NC(=O)c3ccc4c(c3)OCO4)CC2)cc1. The molecule has 0 bridgehead atoms. The average molecular weight is 440 g/mol. The maximum atomic E-state index is 12.8. The van der Waals surface area contributed by atoms with Crippen molar-refractivity contribution in [2.45, 2.75) is 25.8 Å². The van der Waals surface area contributed by atoms with E-state index in [0.717, 1.165) is 0 Å². The first kappa shape index (κ1) is 21.5. The number of hydrogen-bond acceptors (Lipinski definition) is 7. The first-order valence-electron chi connectivity index (χ1n) is 10.5. The first-order valence-corrected chi connectivity index (χ1v) is 10.5. The van der Waals surface area contributed by atoms with Gasteiger partial charge in [-0.15, -0.1) is 0 Å². The molecule has 9 nitrogen and oxygen atoms in total. The van der Waals surface area contributed by atoms with Gasteiger partial charge in [-0.25, -0.2) is 4.79 Å². The van der Waals surface area contributed by atoms with Gasteiger partial charge < -0.3 is 29.2 Å². The summed E-state index contributed by atoms with van der Waals surface area (Å²) in [7, 11) is 0. The van der Waals surface area contributed by atoms with Gasteiger partial charge in [0.15, 0.2) is 11.5 Å². The van der Waals surface area contributed by atoms with Crippen LogP contribution in [0.4, 0.5) is 4.79 Å². The van der Waals surface area contributed by atoms with Gasteiger partial charge in [-0.05, 0) is 62.2 Å². The average Bonchev–Trinajstić information content (AvgIpc) is 3.28. The lowest BCUT2D eigenvalue weighted by molar-refractivity contribution is 0.0698. The highest BCUT2D eigenvalue weighted by Gasteiger charge is 2.25. The molecule has 1 N–H and O–H groups in total. The van der Waals surface area contributed by atoms with Gasteiger partial charge in [-0.2, -0.15) is 0 Å². The number of piperidine rings is 1. The molecule has 2 amide bonds. The first-order chi connectivity index (χ1) is 15.5. The Morgan fingerprint density at radius 3 is 2.41 bits per heavy atom. The van der Waals surface area contributed by atoms with E-state index in [1.807, 2.05) is 0 Å². The molecule has 0 atom stereocenters. The van der Waals surface area contributed by atoms with Crippen LogP contribution in [-0.4, -0.2) is 55.4 Å². The van der Waals surface area contributed by atoms with Crippen LogP contribution >= 0.6 is 0 Å². The summed E-state index contributed by atoms with van der Waals surface area (Å²) in [6, 6.07) is 11.4. The number of carbonyl (C=O) groups excluding carboxylic acids is 3. The number of likely N-dealkylation sites (tertiary alicyclic amines) is 1. The van der Waals surface area contributed by atoms with Crippen LogP contribution in [0.15, 0.2) is 42.5 Å². The molecule has 2 aliphatic heterocycles. The van der Waals surface area contributed by atoms with Gasteiger partial charge in [0, 0.05) is 30.3 Å². The Bertz CT molecular complexity index is 998. The number of carbonyl (C=O) groups is 3. The normalized spacial score (nSPS) is 15.2. The molecule has 2 aromatic rings. The highest BCUT2D eigenvalue weighted by atomic mass is 16.7. The maximum Gasteiger partial charge on any atom is 0.513 e. The molecule has 4 rings (SSSR count). The van der Waals surface area contributed by atoms with Crippen LogP contribution in [0.5, 0.6) is 17.2 Å². The summed E-state index contributed by atoms with van der Waals surface area (Å²) in [5.74, 6) is 1.23. The van der Waals surface area contributed by atoms with Gasteiger partial charge in [-0.1, -0.05) is 0 Å². The lowest BCUT2D eigenvalue weighted by atomic mass is 10.0. The van der Waals surface area contributed by atoms with Crippen LogP contribution in [0.1, 0.15) is 40.5 Å². The zero-order chi connectivity index (χ0) is 22.5. The molecule has 9 heteroatoms. The third-order valence-corrected chi connectivity index (χ3v) is 5.32. The summed E-state index contributed by atoms with van der Waals surface area (Å²) in [6.07, 6.45) is 0.537. The molecule has 1 fully saturated rings. The Morgan fingerprint density at radius 2 is 1.69 bits per heavy atom. The van der Waals surface area contributed by atoms with Crippen molar-refractivity contribution in [3.63, 3.8) is 0 Å². The predicted molar refractivity (Wildman–Crippen MR) is 113 cm³/mol. The molecule has 168 valence electrons. The Balaban J connectivity index is 1.27. The molecule has 0 aromatic heterocycles. The van der Waals surface area contributed by atoms with Crippen LogP contribution < -0.4 is 19.5 Å². The minimum atomic E-state index is -0.781. The number of nitrogens with one attached hydrogen (secondary N) is 1. The van der Waals surface area contributed by atoms with E-state index in [-0.39, 0.29) is 31.3 Å². The minimum Gasteiger partial charge on any atom is -0.454 e. The number of ether oxygens (including phenoxy) is 4. The number of hydrogen-bond donors (Lipinski definition) is 1. The highest BCUT2D eigenvalue weighted by molar-refractivity contribution is 5.95. The van der Waals surface area contributed by atoms with Gasteiger partial charge in [0.2, 0.25) is 6.79 Å². The van der Waals surface area contributed by atoms with Crippen LogP contribution in [-0.2, 0) is 4.74 Å². The van der Waals surface area contributed by atoms with Crippen LogP contribution in [0.2, 0.25) is 0 Å². The van der Waals surface area contributed by atoms with Crippen molar-refractivity contribution in [3.05, 3.63) is 53.6 Å². The molecule has 1 saturated heterocycles. The van der Waals surface area contributed by atoms with Gasteiger partial charge in [0.25, 0.3) is 11.8 Å². The Kier molecular flexibility index (Phi) is 6.44. The van der Waals surface area contributed by atoms with E-state index in [0.29, 0.717) is 54.3 Å². The van der Waals surface area contributed by atoms with E-state index in [1.165, 1.54) is 0 Å². The molecule has 0 radical (unpaired) electrons. The second-order valence-electron chi connectivity index (χ2n) is 7.42. The van der Waals surface area contributed by atoms with E-state index >= 15 is 0 Å². The Labute approximate surface area is 185 Å². The fourth-order valence-corrected chi connectivity index (χ4v) is 3.63. The summed E-state index contributed by atoms with van der Waals surface area (Å²) >= 11 is 0. The number of amides is 2. The third kappa shape index (κ3) is 4.93. The monoisotopic (exact) mass is 440 g/mol. The summed E-state index contributed by atoms with van der Waals surface area (Å²) in [5, 5.41) is 3.03. The number of fused-ring (bicyclic) bond motifs is 1. The minimum absolute atomic E-state index is 0.0164. The van der Waals surface area contributed by atoms with Crippen molar-refractivity contribution < 1.29 is 33.3 Å². The molecule has 0 aliphatic carbocycles. The summed E-state index contributed by atoms with van der Waals surface area (Å²) in [4.78, 5) is 38.5. The zero-order valence-electron chi connectivity index (χ0n) is 17.7. The van der Waals surface area contributed by atoms with Gasteiger partial charge in [0.05, 0.1) is 6.61 Å². The van der Waals surface area contributed by atoms with Crippen LogP contribution in [0.3, 0.4) is 0 Å². The van der Waals surface area contributed by atoms with Crippen molar-refractivity contribution >= 4 is 18.0 Å². The second-order valence-corrected chi connectivity index (χ2v) is 7.42. The fraction of sp³-hybridized carbons (Fsp3) is 0.348. The van der Waals surface area contributed by atoms with Crippen molar-refractivity contribution in [2.24, 2.45) is 0 Å². The topological polar surface area (TPSA) is 103 Å². The molecule has 2 aromatic carbocycles. The number of nitrogens with zero attached hydrogens (tertiary/aromatic N) is 1. The van der Waals surface area contributed by atoms with Crippen LogP contribution in [0, 0.1) is 0 Å². The van der Waals surface area contributed by atoms with Crippen molar-refractivity contribution in [2.75, 3.05) is 26.5 Å². The molecule has 0 unspecified atom stereocenters. The van der Waals surface area contributed by atoms with Crippen molar-refractivity contribution in [3.8, 4) is 17.2 Å². The molecular weight excluding hydrogens is 416 g/mol. The van der Waals surface area contributed by atoms with E-state index in [9.17, 15) is 14.4 Å². The quantitative estimate of drug-likeness (QED) is 0.563. The number of rotatable bonds is 5. The third-order valence-electron chi connectivity index (χ3n) is 5.32. The van der Waals surface area contributed by atoms with Crippen LogP contribution in [0.25, 0.3) is 0 Å². The predicted octanol–water partition coefficient (Wildman–Crippen LogP) is 2.99. The molecule has 0 saturated carbocycles. The Hall–Kier alpha value is -3.75. The van der Waals surface area contributed by atoms with Gasteiger partial charge in [-0.3, -0.25) is 9.59 Å². The molecular formula is C23H24N2O7. The van der Waals surface area contributed by atoms with Crippen molar-refractivity contribution in [1.82, 2.24) is 10.2 Å². The molecule has 2 aliphatic rings. The molecule has 32 heavy (non-hydrogen) atoms. The van der Waals surface area contributed by atoms with E-state index in [1.54, 1.807) is 54.3 Å². The van der Waals surface area contributed by atoms with Gasteiger partial charge in [0.1, 0.15) is 5.75 Å². The largest absolute Gasteiger partial charge is 0.513 e. The highest BCUT2D eigenvalue weighted by Crippen LogP contribution is 2.32. The summed E-state index contributed by atoms with van der Waals surface area (Å²) in [5.41, 5.74) is 1.02. The molecule has 0 spiro atoms. The van der Waals surface area contributed by atoms with Gasteiger partial charge >= 0.3 is 6.16 Å². The van der Waals surface area contributed by atoms with E-state index < -0.39 is 6.16 Å². The van der Waals surface area contributed by atoms with Crippen molar-refractivity contribution in [1.29, 1.82) is 0 Å². The van der Waals surface area contributed by atoms with E-state index in [2.05, 4.69) is 5.32 Å². The Morgan fingerprint density at radius 1 is 1.00 bits per heavy atom. The van der Waals surface area contributed by atoms with E-state index in [4.69, 9.17) is 18.9 Å². The fourth-order valence-electron chi connectivity index (χ4n) is 3.63. The summed E-state index contributed by atoms with van der Waals surface area (Å²) in [6.45, 7) is 3.14. The zero-order valence-corrected chi connectivity index (χ0v) is 17.7. The maximum absolute atomic E-state index is 12.8. The summed E-state index contributed by atoms with van der Waals surface area (Å²) < 4.78 is 20.3. The standard InChI is InChI=1S/C23H24N2O7/c1-2-29-23(28)32-18-6-3-15(4-7-18)22(27)25-11-9-17(10-12-25)24-21(26)16-5-8-19-20(13-16)31-14-30-19/h3-8,13,17H,2,9-12,14H2,1H3,(H,24,26). The lowest BCUT2D eigenvalue weighted by Crippen LogP contribution is -2.46. The number of benzene rings is 2. The molecule has 2 heterocycles. The smallest absolute Gasteiger partial charge is 0.454 e. The lowest BCUT2D eigenvalue weighted by Gasteiger charge is -2.32.